The average molecular weight is 278 g/mol. The van der Waals surface area contributed by atoms with Crippen molar-refractivity contribution in [2.45, 2.75) is 26.2 Å². The van der Waals surface area contributed by atoms with Crippen molar-refractivity contribution in [3.8, 4) is 0 Å². The minimum atomic E-state index is -0.338. The van der Waals surface area contributed by atoms with Gasteiger partial charge in [0, 0.05) is 24.8 Å². The number of piperidine rings is 1. The standard InChI is InChI=1S/C14H22N4O2/c1-11-3-4-13(18(19)20)14(16-11)17-9-6-12(7-10-17)5-8-15-2/h3-4,12,15H,5-10H2,1-2H3. The molecule has 1 saturated heterocycles. The van der Waals surface area contributed by atoms with Crippen LogP contribution in [0.2, 0.25) is 0 Å². The third kappa shape index (κ3) is 3.45. The molecule has 1 aromatic heterocycles. The van der Waals surface area contributed by atoms with Gasteiger partial charge in [0.1, 0.15) is 0 Å². The Morgan fingerprint density at radius 3 is 2.75 bits per heavy atom. The lowest BCUT2D eigenvalue weighted by Crippen LogP contribution is -2.35. The predicted octanol–water partition coefficient (Wildman–Crippen LogP) is 2.12. The largest absolute Gasteiger partial charge is 0.351 e. The fourth-order valence-corrected chi connectivity index (χ4v) is 2.69. The summed E-state index contributed by atoms with van der Waals surface area (Å²) in [5, 5.41) is 14.3. The zero-order chi connectivity index (χ0) is 14.5. The summed E-state index contributed by atoms with van der Waals surface area (Å²) in [6, 6.07) is 3.26. The van der Waals surface area contributed by atoms with Gasteiger partial charge in [-0.2, -0.15) is 0 Å². The number of nitrogens with zero attached hydrogens (tertiary/aromatic N) is 3. The molecule has 0 aliphatic carbocycles. The second kappa shape index (κ2) is 6.65. The SMILES string of the molecule is CNCCC1CCN(c2nc(C)ccc2[N+](=O)[O-])CC1. The molecule has 1 fully saturated rings. The number of aromatic nitrogens is 1. The second-order valence-electron chi connectivity index (χ2n) is 5.38. The molecule has 0 amide bonds. The third-order valence-electron chi connectivity index (χ3n) is 3.91. The molecule has 0 saturated carbocycles. The summed E-state index contributed by atoms with van der Waals surface area (Å²) >= 11 is 0. The van der Waals surface area contributed by atoms with Gasteiger partial charge in [0.2, 0.25) is 5.82 Å². The van der Waals surface area contributed by atoms with Crippen LogP contribution in [0.25, 0.3) is 0 Å². The molecule has 1 aliphatic heterocycles. The first kappa shape index (κ1) is 14.7. The molecule has 20 heavy (non-hydrogen) atoms. The molecule has 2 rings (SSSR count). The Bertz CT molecular complexity index is 470. The summed E-state index contributed by atoms with van der Waals surface area (Å²) in [6.45, 7) is 4.61. The number of pyridine rings is 1. The van der Waals surface area contributed by atoms with E-state index in [2.05, 4.69) is 15.2 Å². The van der Waals surface area contributed by atoms with Crippen molar-refractivity contribution in [1.82, 2.24) is 10.3 Å². The molecule has 0 spiro atoms. The third-order valence-corrected chi connectivity index (χ3v) is 3.91. The van der Waals surface area contributed by atoms with Gasteiger partial charge >= 0.3 is 5.69 Å². The van der Waals surface area contributed by atoms with Crippen molar-refractivity contribution in [2.24, 2.45) is 5.92 Å². The molecular formula is C14H22N4O2. The van der Waals surface area contributed by atoms with E-state index in [0.29, 0.717) is 11.7 Å². The van der Waals surface area contributed by atoms with Gasteiger partial charge in [-0.3, -0.25) is 10.1 Å². The molecule has 1 aromatic rings. The summed E-state index contributed by atoms with van der Waals surface area (Å²) in [4.78, 5) is 17.2. The fourth-order valence-electron chi connectivity index (χ4n) is 2.69. The van der Waals surface area contributed by atoms with Crippen LogP contribution in [0.15, 0.2) is 12.1 Å². The first-order valence-corrected chi connectivity index (χ1v) is 7.13. The Morgan fingerprint density at radius 1 is 1.45 bits per heavy atom. The van der Waals surface area contributed by atoms with E-state index < -0.39 is 0 Å². The van der Waals surface area contributed by atoms with Crippen LogP contribution in [-0.4, -0.2) is 36.6 Å². The molecule has 0 bridgehead atoms. The average Bonchev–Trinajstić information content (AvgIpc) is 2.45. The lowest BCUT2D eigenvalue weighted by atomic mass is 9.93. The van der Waals surface area contributed by atoms with Gasteiger partial charge in [-0.25, -0.2) is 4.98 Å². The minimum absolute atomic E-state index is 0.115. The van der Waals surface area contributed by atoms with Crippen molar-refractivity contribution in [2.75, 3.05) is 31.6 Å². The van der Waals surface area contributed by atoms with Gasteiger partial charge in [-0.05, 0) is 51.8 Å². The summed E-state index contributed by atoms with van der Waals surface area (Å²) in [5.41, 5.74) is 0.937. The molecule has 6 nitrogen and oxygen atoms in total. The second-order valence-corrected chi connectivity index (χ2v) is 5.38. The van der Waals surface area contributed by atoms with E-state index in [1.165, 1.54) is 6.42 Å². The molecule has 6 heteroatoms. The minimum Gasteiger partial charge on any atom is -0.351 e. The van der Waals surface area contributed by atoms with Crippen molar-refractivity contribution < 1.29 is 4.92 Å². The van der Waals surface area contributed by atoms with E-state index in [4.69, 9.17) is 0 Å². The van der Waals surface area contributed by atoms with Crippen molar-refractivity contribution in [1.29, 1.82) is 0 Å². The molecule has 0 atom stereocenters. The molecular weight excluding hydrogens is 256 g/mol. The molecule has 1 N–H and O–H groups in total. The zero-order valence-corrected chi connectivity index (χ0v) is 12.1. The van der Waals surface area contributed by atoms with Crippen LogP contribution in [0.5, 0.6) is 0 Å². The molecule has 110 valence electrons. The Hall–Kier alpha value is -1.69. The first-order chi connectivity index (χ1) is 9.61. The van der Waals surface area contributed by atoms with E-state index in [1.807, 2.05) is 14.0 Å². The number of nitro groups is 1. The number of nitrogens with one attached hydrogen (secondary N) is 1. The maximum absolute atomic E-state index is 11.1. The normalized spacial score (nSPS) is 16.4. The van der Waals surface area contributed by atoms with Gasteiger partial charge in [-0.1, -0.05) is 0 Å². The van der Waals surface area contributed by atoms with Crippen LogP contribution in [0.4, 0.5) is 11.5 Å². The van der Waals surface area contributed by atoms with E-state index >= 15 is 0 Å². The summed E-state index contributed by atoms with van der Waals surface area (Å²) < 4.78 is 0. The predicted molar refractivity (Wildman–Crippen MR) is 79.1 cm³/mol. The monoisotopic (exact) mass is 278 g/mol. The molecule has 1 aliphatic rings. The highest BCUT2D eigenvalue weighted by Crippen LogP contribution is 2.30. The van der Waals surface area contributed by atoms with E-state index in [1.54, 1.807) is 12.1 Å². The van der Waals surface area contributed by atoms with Crippen LogP contribution < -0.4 is 10.2 Å². The van der Waals surface area contributed by atoms with Gasteiger partial charge in [0.25, 0.3) is 0 Å². The lowest BCUT2D eigenvalue weighted by Gasteiger charge is -2.32. The number of hydrogen-bond donors (Lipinski definition) is 1. The van der Waals surface area contributed by atoms with Crippen LogP contribution >= 0.6 is 0 Å². The van der Waals surface area contributed by atoms with Gasteiger partial charge in [-0.15, -0.1) is 0 Å². The van der Waals surface area contributed by atoms with E-state index in [0.717, 1.165) is 38.2 Å². The summed E-state index contributed by atoms with van der Waals surface area (Å²) in [7, 11) is 1.97. The van der Waals surface area contributed by atoms with Crippen LogP contribution in [0.3, 0.4) is 0 Å². The molecule has 0 unspecified atom stereocenters. The molecule has 2 heterocycles. The number of rotatable bonds is 5. The highest BCUT2D eigenvalue weighted by atomic mass is 16.6. The fraction of sp³-hybridized carbons (Fsp3) is 0.643. The maximum Gasteiger partial charge on any atom is 0.311 e. The van der Waals surface area contributed by atoms with Gasteiger partial charge in [0.05, 0.1) is 4.92 Å². The van der Waals surface area contributed by atoms with Gasteiger partial charge in [0.15, 0.2) is 0 Å². The highest BCUT2D eigenvalue weighted by Gasteiger charge is 2.25. The van der Waals surface area contributed by atoms with Crippen LogP contribution in [0.1, 0.15) is 25.0 Å². The number of aryl methyl sites for hydroxylation is 1. The Labute approximate surface area is 119 Å². The topological polar surface area (TPSA) is 71.3 Å². The Kier molecular flexibility index (Phi) is 4.89. The highest BCUT2D eigenvalue weighted by molar-refractivity contribution is 5.58. The van der Waals surface area contributed by atoms with Crippen molar-refractivity contribution in [3.63, 3.8) is 0 Å². The maximum atomic E-state index is 11.1. The van der Waals surface area contributed by atoms with Crippen LogP contribution in [-0.2, 0) is 0 Å². The number of hydrogen-bond acceptors (Lipinski definition) is 5. The van der Waals surface area contributed by atoms with E-state index in [-0.39, 0.29) is 10.6 Å². The van der Waals surface area contributed by atoms with Crippen LogP contribution in [0, 0.1) is 23.0 Å². The van der Waals surface area contributed by atoms with Crippen molar-refractivity contribution >= 4 is 11.5 Å². The smallest absolute Gasteiger partial charge is 0.311 e. The lowest BCUT2D eigenvalue weighted by molar-refractivity contribution is -0.384. The Balaban J connectivity index is 2.06. The van der Waals surface area contributed by atoms with Crippen molar-refractivity contribution in [3.05, 3.63) is 27.9 Å². The molecule has 0 aromatic carbocycles. The number of anilines is 1. The summed E-state index contributed by atoms with van der Waals surface area (Å²) in [6.07, 6.45) is 3.33. The molecule has 0 radical (unpaired) electrons. The van der Waals surface area contributed by atoms with E-state index in [9.17, 15) is 10.1 Å². The zero-order valence-electron chi connectivity index (χ0n) is 12.1. The quantitative estimate of drug-likeness (QED) is 0.660. The summed E-state index contributed by atoms with van der Waals surface area (Å²) in [5.74, 6) is 1.24. The van der Waals surface area contributed by atoms with Gasteiger partial charge < -0.3 is 10.2 Å². The Morgan fingerprint density at radius 2 is 2.15 bits per heavy atom. The first-order valence-electron chi connectivity index (χ1n) is 7.13.